The first-order valence-electron chi connectivity index (χ1n) is 7.62. The number of carbonyl (C=O) groups excluding carboxylic acids is 1. The summed E-state index contributed by atoms with van der Waals surface area (Å²) < 4.78 is 4.94. The molecule has 0 aromatic carbocycles. The average Bonchev–Trinajstić information content (AvgIpc) is 2.41. The van der Waals surface area contributed by atoms with Crippen molar-refractivity contribution in [3.63, 3.8) is 0 Å². The van der Waals surface area contributed by atoms with Gasteiger partial charge in [0.15, 0.2) is 0 Å². The predicted molar refractivity (Wildman–Crippen MR) is 96.3 cm³/mol. The van der Waals surface area contributed by atoms with Crippen LogP contribution in [-0.4, -0.2) is 75.2 Å². The molecule has 1 amide bonds. The van der Waals surface area contributed by atoms with Gasteiger partial charge in [-0.3, -0.25) is 9.69 Å². The molecule has 1 saturated heterocycles. The number of hydrogen-bond donors (Lipinski definition) is 1. The molecule has 1 aliphatic heterocycles. The highest BCUT2D eigenvalue weighted by Crippen LogP contribution is 2.19. The highest BCUT2D eigenvalue weighted by Gasteiger charge is 2.21. The first-order chi connectivity index (χ1) is 9.42. The average molecular weight is 358 g/mol. The van der Waals surface area contributed by atoms with Crippen LogP contribution in [0.5, 0.6) is 0 Å². The summed E-state index contributed by atoms with van der Waals surface area (Å²) in [5, 5.41) is 3.11. The molecule has 0 bridgehead atoms. The first kappa shape index (κ1) is 24.2. The predicted octanol–water partition coefficient (Wildman–Crippen LogP) is 1.65. The van der Waals surface area contributed by atoms with Crippen molar-refractivity contribution in [2.24, 2.45) is 5.41 Å². The summed E-state index contributed by atoms with van der Waals surface area (Å²) in [7, 11) is 1.67. The zero-order valence-electron chi connectivity index (χ0n) is 14.4. The molecule has 0 radical (unpaired) electrons. The third-order valence-corrected chi connectivity index (χ3v) is 3.66. The maximum atomic E-state index is 12.0. The number of piperazine rings is 1. The van der Waals surface area contributed by atoms with Crippen LogP contribution in [0.25, 0.3) is 0 Å². The van der Waals surface area contributed by atoms with E-state index in [0.29, 0.717) is 18.6 Å². The number of hydrogen-bond acceptors (Lipinski definition) is 4. The van der Waals surface area contributed by atoms with Crippen LogP contribution >= 0.6 is 24.8 Å². The first-order valence-corrected chi connectivity index (χ1v) is 7.62. The van der Waals surface area contributed by atoms with E-state index >= 15 is 0 Å². The Bertz CT molecular complexity index is 291. The molecule has 5 nitrogen and oxygen atoms in total. The molecule has 1 rings (SSSR count). The number of methoxy groups -OCH3 is 1. The van der Waals surface area contributed by atoms with Crippen molar-refractivity contribution in [2.45, 2.75) is 27.2 Å². The van der Waals surface area contributed by atoms with Crippen molar-refractivity contribution < 1.29 is 9.53 Å². The van der Waals surface area contributed by atoms with Crippen molar-refractivity contribution in [1.82, 2.24) is 15.1 Å². The fourth-order valence-electron chi connectivity index (χ4n) is 2.20. The summed E-state index contributed by atoms with van der Waals surface area (Å²) >= 11 is 0. The minimum absolute atomic E-state index is 0. The molecule has 0 aromatic rings. The lowest BCUT2D eigenvalue weighted by Crippen LogP contribution is -2.51. The molecule has 1 heterocycles. The summed E-state index contributed by atoms with van der Waals surface area (Å²) in [6.07, 6.45) is 1.21. The molecule has 0 spiro atoms. The van der Waals surface area contributed by atoms with E-state index in [-0.39, 0.29) is 30.7 Å². The van der Waals surface area contributed by atoms with Crippen molar-refractivity contribution in [3.8, 4) is 0 Å². The Kier molecular flexibility index (Phi) is 13.6. The molecule has 1 fully saturated rings. The van der Waals surface area contributed by atoms with Gasteiger partial charge in [0.25, 0.3) is 0 Å². The SMILES string of the molecule is COCCNCC(=O)N1CCN(CCC(C)(C)C)CC1.Cl.Cl. The summed E-state index contributed by atoms with van der Waals surface area (Å²) in [6.45, 7) is 13.5. The Hall–Kier alpha value is -0.0700. The zero-order valence-corrected chi connectivity index (χ0v) is 16.0. The summed E-state index contributed by atoms with van der Waals surface area (Å²) in [4.78, 5) is 16.4. The molecule has 1 N–H and O–H groups in total. The van der Waals surface area contributed by atoms with E-state index in [1.54, 1.807) is 7.11 Å². The van der Waals surface area contributed by atoms with E-state index in [1.807, 2.05) is 4.90 Å². The van der Waals surface area contributed by atoms with Crippen LogP contribution in [0.2, 0.25) is 0 Å². The van der Waals surface area contributed by atoms with E-state index in [2.05, 4.69) is 31.0 Å². The molecule has 7 heteroatoms. The van der Waals surface area contributed by atoms with Gasteiger partial charge in [-0.25, -0.2) is 0 Å². The van der Waals surface area contributed by atoms with Crippen LogP contribution in [0.15, 0.2) is 0 Å². The molecule has 1 aliphatic rings. The van der Waals surface area contributed by atoms with Gasteiger partial charge in [0.05, 0.1) is 13.2 Å². The molecule has 134 valence electrons. The minimum atomic E-state index is 0. The Morgan fingerprint density at radius 3 is 2.23 bits per heavy atom. The van der Waals surface area contributed by atoms with Crippen LogP contribution in [0.4, 0.5) is 0 Å². The lowest BCUT2D eigenvalue weighted by Gasteiger charge is -2.36. The molecule has 22 heavy (non-hydrogen) atoms. The normalized spacial score (nSPS) is 15.9. The van der Waals surface area contributed by atoms with E-state index in [9.17, 15) is 4.79 Å². The van der Waals surface area contributed by atoms with Crippen molar-refractivity contribution in [1.29, 1.82) is 0 Å². The molecular weight excluding hydrogens is 325 g/mol. The molecule has 0 unspecified atom stereocenters. The van der Waals surface area contributed by atoms with Crippen LogP contribution in [0.3, 0.4) is 0 Å². The standard InChI is InChI=1S/C15H31N3O2.2ClH/c1-15(2,3)5-7-17-8-10-18(11-9-17)14(19)13-16-6-12-20-4;;/h16H,5-13H2,1-4H3;2*1H. The van der Waals surface area contributed by atoms with Gasteiger partial charge >= 0.3 is 0 Å². The van der Waals surface area contributed by atoms with E-state index < -0.39 is 0 Å². The quantitative estimate of drug-likeness (QED) is 0.703. The molecule has 0 aromatic heterocycles. The van der Waals surface area contributed by atoms with Gasteiger partial charge < -0.3 is 15.0 Å². The van der Waals surface area contributed by atoms with Crippen molar-refractivity contribution in [3.05, 3.63) is 0 Å². The van der Waals surface area contributed by atoms with Gasteiger partial charge in [-0.1, -0.05) is 20.8 Å². The second kappa shape index (κ2) is 12.4. The fourth-order valence-corrected chi connectivity index (χ4v) is 2.20. The van der Waals surface area contributed by atoms with Gasteiger partial charge in [0, 0.05) is 39.8 Å². The smallest absolute Gasteiger partial charge is 0.236 e. The Labute approximate surface area is 147 Å². The maximum Gasteiger partial charge on any atom is 0.236 e. The third kappa shape index (κ3) is 10.6. The summed E-state index contributed by atoms with van der Waals surface area (Å²) in [5.41, 5.74) is 0.387. The second-order valence-electron chi connectivity index (χ2n) is 6.70. The van der Waals surface area contributed by atoms with Gasteiger partial charge in [-0.2, -0.15) is 0 Å². The Morgan fingerprint density at radius 1 is 1.14 bits per heavy atom. The van der Waals surface area contributed by atoms with Gasteiger partial charge in [-0.05, 0) is 18.4 Å². The molecular formula is C15H33Cl2N3O2. The van der Waals surface area contributed by atoms with Crippen molar-refractivity contribution >= 4 is 30.7 Å². The second-order valence-corrected chi connectivity index (χ2v) is 6.70. The number of ether oxygens (including phenoxy) is 1. The lowest BCUT2D eigenvalue weighted by atomic mass is 9.92. The number of carbonyl (C=O) groups is 1. The monoisotopic (exact) mass is 357 g/mol. The van der Waals surface area contributed by atoms with Crippen LogP contribution < -0.4 is 5.32 Å². The van der Waals surface area contributed by atoms with Gasteiger partial charge in [0.1, 0.15) is 0 Å². The van der Waals surface area contributed by atoms with Gasteiger partial charge in [-0.15, -0.1) is 24.8 Å². The highest BCUT2D eigenvalue weighted by atomic mass is 35.5. The van der Waals surface area contributed by atoms with Crippen molar-refractivity contribution in [2.75, 3.05) is 59.5 Å². The molecule has 0 saturated carbocycles. The zero-order chi connectivity index (χ0) is 15.0. The van der Waals surface area contributed by atoms with Gasteiger partial charge in [0.2, 0.25) is 5.91 Å². The molecule has 0 aliphatic carbocycles. The largest absolute Gasteiger partial charge is 0.383 e. The highest BCUT2D eigenvalue weighted by molar-refractivity contribution is 5.85. The summed E-state index contributed by atoms with van der Waals surface area (Å²) in [5.74, 6) is 0.205. The topological polar surface area (TPSA) is 44.8 Å². The lowest BCUT2D eigenvalue weighted by molar-refractivity contribution is -0.132. The maximum absolute atomic E-state index is 12.0. The number of amides is 1. The Morgan fingerprint density at radius 2 is 1.73 bits per heavy atom. The van der Waals surface area contributed by atoms with E-state index in [1.165, 1.54) is 6.42 Å². The Balaban J connectivity index is 0. The van der Waals surface area contributed by atoms with Crippen LogP contribution in [0, 0.1) is 5.41 Å². The third-order valence-electron chi connectivity index (χ3n) is 3.66. The van der Waals surface area contributed by atoms with E-state index in [0.717, 1.165) is 39.3 Å². The van der Waals surface area contributed by atoms with E-state index in [4.69, 9.17) is 4.74 Å². The minimum Gasteiger partial charge on any atom is -0.383 e. The summed E-state index contributed by atoms with van der Waals surface area (Å²) in [6, 6.07) is 0. The number of nitrogens with zero attached hydrogens (tertiary/aromatic N) is 2. The van der Waals surface area contributed by atoms with Crippen LogP contribution in [0.1, 0.15) is 27.2 Å². The number of halogens is 2. The number of rotatable bonds is 7. The van der Waals surface area contributed by atoms with Crippen LogP contribution in [-0.2, 0) is 9.53 Å². The number of nitrogens with one attached hydrogen (secondary N) is 1. The molecule has 0 atom stereocenters. The fraction of sp³-hybridized carbons (Fsp3) is 0.933.